The summed E-state index contributed by atoms with van der Waals surface area (Å²) in [5, 5.41) is 5.37. The Morgan fingerprint density at radius 1 is 0.500 bits per heavy atom. The van der Waals surface area contributed by atoms with E-state index in [9.17, 15) is 0 Å². The van der Waals surface area contributed by atoms with Crippen molar-refractivity contribution >= 4 is 51.6 Å². The molecule has 2 aliphatic heterocycles. The number of nitrogens with zero attached hydrogens (tertiary/aromatic N) is 3. The van der Waals surface area contributed by atoms with Gasteiger partial charge in [-0.1, -0.05) is 139 Å². The van der Waals surface area contributed by atoms with Crippen LogP contribution in [0.2, 0.25) is 0 Å². The van der Waals surface area contributed by atoms with Crippen LogP contribution < -0.4 is 35.3 Å². The normalized spacial score (nSPS) is 13.6. The molecule has 5 heteroatoms. The van der Waals surface area contributed by atoms with E-state index in [-0.39, 0.29) is 0 Å². The standard InChI is InChI=1S/C49H37N3OSi/c1-35-25-27-36(28-26-35)42-20-8-9-21-44(42)52-34-51(45-22-10-11-23-46(45)52)37-14-12-15-38(32-37)53-39-29-30-47-43(33-39)49-48(24-13-31-50-49)54(47,40-16-4-2-5-17-40)41-18-6-3-7-19-41/h2-33H,34H2,1H3. The molecule has 0 saturated heterocycles. The average molecular weight is 712 g/mol. The maximum absolute atomic E-state index is 6.73. The van der Waals surface area contributed by atoms with Gasteiger partial charge >= 0.3 is 0 Å². The zero-order valence-electron chi connectivity index (χ0n) is 29.9. The summed E-state index contributed by atoms with van der Waals surface area (Å²) in [4.78, 5) is 9.80. The third-order valence-corrected chi connectivity index (χ3v) is 15.8. The van der Waals surface area contributed by atoms with Gasteiger partial charge in [0.05, 0.1) is 22.8 Å². The van der Waals surface area contributed by atoms with Crippen LogP contribution in [0.3, 0.4) is 0 Å². The highest BCUT2D eigenvalue weighted by Gasteiger charge is 2.49. The summed E-state index contributed by atoms with van der Waals surface area (Å²) >= 11 is 0. The summed E-state index contributed by atoms with van der Waals surface area (Å²) < 4.78 is 6.73. The van der Waals surface area contributed by atoms with Crippen LogP contribution in [-0.2, 0) is 0 Å². The Morgan fingerprint density at radius 3 is 1.89 bits per heavy atom. The van der Waals surface area contributed by atoms with Gasteiger partial charge in [-0.2, -0.15) is 0 Å². The van der Waals surface area contributed by atoms with Gasteiger partial charge in [0, 0.05) is 29.1 Å². The molecule has 0 saturated carbocycles. The van der Waals surface area contributed by atoms with E-state index < -0.39 is 8.07 Å². The molecule has 0 radical (unpaired) electrons. The Kier molecular flexibility index (Phi) is 7.74. The maximum atomic E-state index is 6.73. The van der Waals surface area contributed by atoms with Crippen LogP contribution in [0.5, 0.6) is 11.5 Å². The number of rotatable bonds is 7. The molecule has 3 heterocycles. The highest BCUT2D eigenvalue weighted by molar-refractivity contribution is 7.22. The van der Waals surface area contributed by atoms with Crippen molar-refractivity contribution in [3.05, 3.63) is 200 Å². The first-order valence-electron chi connectivity index (χ1n) is 18.5. The number of ether oxygens (including phenoxy) is 1. The summed E-state index contributed by atoms with van der Waals surface area (Å²) in [5.74, 6) is 1.58. The number of pyridine rings is 1. The molecule has 54 heavy (non-hydrogen) atoms. The van der Waals surface area contributed by atoms with E-state index in [1.807, 2.05) is 12.3 Å². The molecule has 0 amide bonds. The quantitative estimate of drug-likeness (QED) is 0.154. The van der Waals surface area contributed by atoms with Crippen molar-refractivity contribution in [3.63, 3.8) is 0 Å². The lowest BCUT2D eigenvalue weighted by Gasteiger charge is -2.31. The van der Waals surface area contributed by atoms with E-state index >= 15 is 0 Å². The molecule has 0 spiro atoms. The van der Waals surface area contributed by atoms with Gasteiger partial charge in [0.25, 0.3) is 0 Å². The Balaban J connectivity index is 1.01. The number of para-hydroxylation sites is 3. The lowest BCUT2D eigenvalue weighted by molar-refractivity contribution is 0.483. The first kappa shape index (κ1) is 32.0. The van der Waals surface area contributed by atoms with E-state index in [4.69, 9.17) is 9.72 Å². The zero-order chi connectivity index (χ0) is 36.1. The van der Waals surface area contributed by atoms with Gasteiger partial charge in [0.15, 0.2) is 8.07 Å². The molecule has 258 valence electrons. The first-order chi connectivity index (χ1) is 26.7. The van der Waals surface area contributed by atoms with Crippen molar-refractivity contribution in [2.75, 3.05) is 16.5 Å². The zero-order valence-corrected chi connectivity index (χ0v) is 30.9. The molecule has 0 aliphatic carbocycles. The van der Waals surface area contributed by atoms with Crippen molar-refractivity contribution in [1.29, 1.82) is 0 Å². The van der Waals surface area contributed by atoms with Crippen LogP contribution in [0.1, 0.15) is 5.56 Å². The molecule has 8 aromatic rings. The second kappa shape index (κ2) is 13.1. The van der Waals surface area contributed by atoms with Gasteiger partial charge in [-0.15, -0.1) is 0 Å². The summed E-state index contributed by atoms with van der Waals surface area (Å²) in [6.45, 7) is 2.81. The fraction of sp³-hybridized carbons (Fsp3) is 0.0408. The molecule has 0 bridgehead atoms. The van der Waals surface area contributed by atoms with Crippen LogP contribution in [0.4, 0.5) is 22.7 Å². The maximum Gasteiger partial charge on any atom is 0.182 e. The molecule has 0 fully saturated rings. The van der Waals surface area contributed by atoms with Crippen molar-refractivity contribution in [2.45, 2.75) is 6.92 Å². The number of fused-ring (bicyclic) bond motifs is 4. The first-order valence-corrected chi connectivity index (χ1v) is 20.5. The van der Waals surface area contributed by atoms with Gasteiger partial charge in [-0.05, 0) is 81.8 Å². The third kappa shape index (κ3) is 5.16. The molecule has 10 rings (SSSR count). The van der Waals surface area contributed by atoms with Crippen LogP contribution in [0, 0.1) is 6.92 Å². The molecular formula is C49H37N3OSi. The van der Waals surface area contributed by atoms with E-state index in [0.717, 1.165) is 34.1 Å². The summed E-state index contributed by atoms with van der Waals surface area (Å²) in [5.41, 5.74) is 10.5. The average Bonchev–Trinajstić information content (AvgIpc) is 3.76. The van der Waals surface area contributed by atoms with E-state index in [1.54, 1.807) is 0 Å². The minimum atomic E-state index is -2.59. The molecule has 7 aromatic carbocycles. The number of benzene rings is 7. The van der Waals surface area contributed by atoms with Crippen LogP contribution in [-0.4, -0.2) is 19.7 Å². The minimum absolute atomic E-state index is 0.679. The molecule has 0 atom stereocenters. The van der Waals surface area contributed by atoms with E-state index in [2.05, 4.69) is 199 Å². The Hall–Kier alpha value is -6.69. The Labute approximate surface area is 317 Å². The van der Waals surface area contributed by atoms with Crippen LogP contribution in [0.25, 0.3) is 22.4 Å². The van der Waals surface area contributed by atoms with Crippen molar-refractivity contribution in [2.24, 2.45) is 0 Å². The van der Waals surface area contributed by atoms with Gasteiger partial charge < -0.3 is 14.5 Å². The molecular weight excluding hydrogens is 675 g/mol. The highest BCUT2D eigenvalue weighted by Crippen LogP contribution is 2.47. The SMILES string of the molecule is Cc1ccc(-c2ccccc2N2CN(c3cccc(Oc4ccc5c(c4)-c4ncccc4[Si]5(c4ccccc4)c4ccccc4)c3)c3ccccc32)cc1. The number of hydrogen-bond acceptors (Lipinski definition) is 4. The predicted molar refractivity (Wildman–Crippen MR) is 226 cm³/mol. The topological polar surface area (TPSA) is 28.6 Å². The second-order valence-electron chi connectivity index (χ2n) is 14.1. The fourth-order valence-electron chi connectivity index (χ4n) is 8.52. The number of anilines is 4. The molecule has 0 unspecified atom stereocenters. The smallest absolute Gasteiger partial charge is 0.182 e. The Bertz CT molecular complexity index is 2600. The predicted octanol–water partition coefficient (Wildman–Crippen LogP) is 9.45. The van der Waals surface area contributed by atoms with Gasteiger partial charge in [0.2, 0.25) is 0 Å². The van der Waals surface area contributed by atoms with Crippen LogP contribution in [0.15, 0.2) is 194 Å². The van der Waals surface area contributed by atoms with Crippen LogP contribution >= 0.6 is 0 Å². The lowest BCUT2D eigenvalue weighted by atomic mass is 10.0. The van der Waals surface area contributed by atoms with E-state index in [0.29, 0.717) is 6.67 Å². The fourth-order valence-corrected chi connectivity index (χ4v) is 13.6. The van der Waals surface area contributed by atoms with Crippen molar-refractivity contribution in [3.8, 4) is 33.9 Å². The van der Waals surface area contributed by atoms with E-state index in [1.165, 1.54) is 48.8 Å². The van der Waals surface area contributed by atoms with Gasteiger partial charge in [0.1, 0.15) is 18.2 Å². The highest BCUT2D eigenvalue weighted by atomic mass is 28.3. The number of aryl methyl sites for hydroxylation is 1. The lowest BCUT2D eigenvalue weighted by Crippen LogP contribution is -2.72. The number of aromatic nitrogens is 1. The van der Waals surface area contributed by atoms with Gasteiger partial charge in [-0.3, -0.25) is 4.98 Å². The van der Waals surface area contributed by atoms with Gasteiger partial charge in [-0.25, -0.2) is 0 Å². The van der Waals surface area contributed by atoms with Crippen molar-refractivity contribution in [1.82, 2.24) is 4.98 Å². The van der Waals surface area contributed by atoms with Crippen molar-refractivity contribution < 1.29 is 4.74 Å². The Morgan fingerprint density at radius 2 is 1.15 bits per heavy atom. The second-order valence-corrected chi connectivity index (χ2v) is 17.8. The molecule has 1 aromatic heterocycles. The number of hydrogen-bond donors (Lipinski definition) is 0. The molecule has 2 aliphatic rings. The molecule has 4 nitrogen and oxygen atoms in total. The summed E-state index contributed by atoms with van der Waals surface area (Å²) in [7, 11) is -2.59. The minimum Gasteiger partial charge on any atom is -0.457 e. The summed E-state index contributed by atoms with van der Waals surface area (Å²) in [6.07, 6.45) is 1.91. The third-order valence-electron chi connectivity index (χ3n) is 10.9. The molecule has 0 N–H and O–H groups in total. The monoisotopic (exact) mass is 711 g/mol. The largest absolute Gasteiger partial charge is 0.457 e. The summed E-state index contributed by atoms with van der Waals surface area (Å²) in [6, 6.07) is 67.6.